The molecule has 0 N–H and O–H groups in total. The summed E-state index contributed by atoms with van der Waals surface area (Å²) in [4.78, 5) is 19.0. The van der Waals surface area contributed by atoms with Gasteiger partial charge in [0.1, 0.15) is 5.01 Å². The third-order valence-electron chi connectivity index (χ3n) is 4.37. The Morgan fingerprint density at radius 3 is 3.13 bits per heavy atom. The first kappa shape index (κ1) is 14.5. The van der Waals surface area contributed by atoms with Crippen LogP contribution in [-0.2, 0) is 11.2 Å². The fourth-order valence-corrected chi connectivity index (χ4v) is 4.00. The standard InChI is InChI=1S/C17H18N2O3S/c20-16(19-8-1-2-13(19)17-18-7-9-23-17)6-4-12-3-5-14-15(10-12)22-11-21-14/h3,5,7,9-10,13H,1-2,4,6,8,11H2/t13-/m1/s1. The summed E-state index contributed by atoms with van der Waals surface area (Å²) in [6.07, 6.45) is 5.12. The summed E-state index contributed by atoms with van der Waals surface area (Å²) in [5.41, 5.74) is 1.10. The van der Waals surface area contributed by atoms with E-state index in [1.165, 1.54) is 0 Å². The van der Waals surface area contributed by atoms with E-state index in [1.807, 2.05) is 34.7 Å². The number of hydrogen-bond acceptors (Lipinski definition) is 5. The van der Waals surface area contributed by atoms with Gasteiger partial charge < -0.3 is 14.4 Å². The summed E-state index contributed by atoms with van der Waals surface area (Å²) < 4.78 is 10.7. The first-order chi connectivity index (χ1) is 11.3. The van der Waals surface area contributed by atoms with Crippen molar-refractivity contribution in [1.82, 2.24) is 9.88 Å². The number of rotatable bonds is 4. The molecule has 1 atom stereocenters. The van der Waals surface area contributed by atoms with Crippen LogP contribution in [0.2, 0.25) is 0 Å². The van der Waals surface area contributed by atoms with E-state index >= 15 is 0 Å². The highest BCUT2D eigenvalue weighted by Gasteiger charge is 2.31. The number of benzene rings is 1. The van der Waals surface area contributed by atoms with Gasteiger partial charge in [0.2, 0.25) is 12.7 Å². The Kier molecular flexibility index (Phi) is 3.91. The summed E-state index contributed by atoms with van der Waals surface area (Å²) >= 11 is 1.63. The number of carbonyl (C=O) groups is 1. The molecule has 0 spiro atoms. The number of ether oxygens (including phenoxy) is 2. The number of likely N-dealkylation sites (tertiary alicyclic amines) is 1. The molecule has 0 radical (unpaired) electrons. The number of thiazole rings is 1. The molecule has 0 bridgehead atoms. The van der Waals surface area contributed by atoms with Gasteiger partial charge in [-0.15, -0.1) is 11.3 Å². The lowest BCUT2D eigenvalue weighted by Crippen LogP contribution is -2.30. The maximum absolute atomic E-state index is 12.6. The van der Waals surface area contributed by atoms with Crippen LogP contribution in [0.5, 0.6) is 11.5 Å². The molecule has 120 valence electrons. The predicted molar refractivity (Wildman–Crippen MR) is 86.7 cm³/mol. The van der Waals surface area contributed by atoms with Gasteiger partial charge >= 0.3 is 0 Å². The first-order valence-corrected chi connectivity index (χ1v) is 8.76. The minimum absolute atomic E-state index is 0.166. The van der Waals surface area contributed by atoms with E-state index < -0.39 is 0 Å². The van der Waals surface area contributed by atoms with E-state index in [1.54, 1.807) is 11.3 Å². The zero-order valence-electron chi connectivity index (χ0n) is 12.7. The fourth-order valence-electron chi connectivity index (χ4n) is 3.21. The molecule has 2 aliphatic rings. The predicted octanol–water partition coefficient (Wildman–Crippen LogP) is 3.17. The van der Waals surface area contributed by atoms with Crippen molar-refractivity contribution in [2.24, 2.45) is 0 Å². The number of amides is 1. The van der Waals surface area contributed by atoms with E-state index in [2.05, 4.69) is 4.98 Å². The van der Waals surface area contributed by atoms with Crippen LogP contribution in [0, 0.1) is 0 Å². The van der Waals surface area contributed by atoms with Gasteiger partial charge in [0.25, 0.3) is 0 Å². The van der Waals surface area contributed by atoms with Crippen molar-refractivity contribution in [3.63, 3.8) is 0 Å². The highest BCUT2D eigenvalue weighted by Crippen LogP contribution is 2.35. The minimum atomic E-state index is 0.166. The lowest BCUT2D eigenvalue weighted by Gasteiger charge is -2.23. The summed E-state index contributed by atoms with van der Waals surface area (Å²) in [5, 5.41) is 3.03. The average Bonchev–Trinajstić information content (AvgIpc) is 3.32. The van der Waals surface area contributed by atoms with Crippen molar-refractivity contribution in [2.45, 2.75) is 31.7 Å². The molecular formula is C17H18N2O3S. The lowest BCUT2D eigenvalue weighted by atomic mass is 10.1. The Morgan fingerprint density at radius 1 is 1.35 bits per heavy atom. The Bertz CT molecular complexity index is 702. The molecule has 0 aliphatic carbocycles. The molecule has 0 saturated carbocycles. The van der Waals surface area contributed by atoms with E-state index in [4.69, 9.17) is 9.47 Å². The minimum Gasteiger partial charge on any atom is -0.454 e. The monoisotopic (exact) mass is 330 g/mol. The highest BCUT2D eigenvalue weighted by atomic mass is 32.1. The van der Waals surface area contributed by atoms with Crippen LogP contribution in [-0.4, -0.2) is 29.1 Å². The zero-order chi connectivity index (χ0) is 15.6. The summed E-state index contributed by atoms with van der Waals surface area (Å²) in [5.74, 6) is 1.76. The number of aromatic nitrogens is 1. The molecule has 23 heavy (non-hydrogen) atoms. The Hall–Kier alpha value is -2.08. The van der Waals surface area contributed by atoms with Crippen molar-refractivity contribution in [3.05, 3.63) is 40.3 Å². The molecule has 2 aliphatic heterocycles. The molecule has 1 amide bonds. The third-order valence-corrected chi connectivity index (χ3v) is 5.25. The molecule has 3 heterocycles. The van der Waals surface area contributed by atoms with Crippen molar-refractivity contribution in [3.8, 4) is 11.5 Å². The van der Waals surface area contributed by atoms with E-state index in [9.17, 15) is 4.79 Å². The second-order valence-electron chi connectivity index (χ2n) is 5.80. The number of nitrogens with zero attached hydrogens (tertiary/aromatic N) is 2. The number of fused-ring (bicyclic) bond motifs is 1. The molecule has 5 nitrogen and oxygen atoms in total. The van der Waals surface area contributed by atoms with Gasteiger partial charge in [0, 0.05) is 24.5 Å². The molecule has 1 aromatic heterocycles. The smallest absolute Gasteiger partial charge is 0.231 e. The van der Waals surface area contributed by atoms with Crippen LogP contribution in [0.15, 0.2) is 29.8 Å². The summed E-state index contributed by atoms with van der Waals surface area (Å²) in [6.45, 7) is 1.12. The van der Waals surface area contributed by atoms with Crippen LogP contribution in [0.25, 0.3) is 0 Å². The van der Waals surface area contributed by atoms with Crippen LogP contribution in [0.1, 0.15) is 35.9 Å². The molecular weight excluding hydrogens is 312 g/mol. The Morgan fingerprint density at radius 2 is 2.26 bits per heavy atom. The molecule has 2 aromatic rings. The van der Waals surface area contributed by atoms with Crippen LogP contribution in [0.3, 0.4) is 0 Å². The second kappa shape index (κ2) is 6.20. The van der Waals surface area contributed by atoms with Gasteiger partial charge in [-0.1, -0.05) is 6.07 Å². The van der Waals surface area contributed by atoms with Gasteiger partial charge in [-0.3, -0.25) is 4.79 Å². The molecule has 1 saturated heterocycles. The first-order valence-electron chi connectivity index (χ1n) is 7.88. The van der Waals surface area contributed by atoms with Gasteiger partial charge in [-0.05, 0) is 37.0 Å². The van der Waals surface area contributed by atoms with Gasteiger partial charge in [-0.25, -0.2) is 4.98 Å². The van der Waals surface area contributed by atoms with Crippen LogP contribution >= 0.6 is 11.3 Å². The van der Waals surface area contributed by atoms with Gasteiger partial charge in [-0.2, -0.15) is 0 Å². The van der Waals surface area contributed by atoms with Gasteiger partial charge in [0.15, 0.2) is 11.5 Å². The lowest BCUT2D eigenvalue weighted by molar-refractivity contribution is -0.132. The third kappa shape index (κ3) is 2.91. The quantitative estimate of drug-likeness (QED) is 0.864. The maximum atomic E-state index is 12.6. The van der Waals surface area contributed by atoms with Crippen LogP contribution in [0.4, 0.5) is 0 Å². The number of carbonyl (C=O) groups excluding carboxylic acids is 1. The largest absolute Gasteiger partial charge is 0.454 e. The van der Waals surface area contributed by atoms with Gasteiger partial charge in [0.05, 0.1) is 6.04 Å². The van der Waals surface area contributed by atoms with Crippen molar-refractivity contribution >= 4 is 17.2 Å². The zero-order valence-corrected chi connectivity index (χ0v) is 13.6. The Labute approximate surface area is 138 Å². The van der Waals surface area contributed by atoms with Crippen LogP contribution < -0.4 is 9.47 Å². The normalized spacial score (nSPS) is 19.3. The molecule has 1 fully saturated rings. The topological polar surface area (TPSA) is 51.7 Å². The van der Waals surface area contributed by atoms with Crippen molar-refractivity contribution in [2.75, 3.05) is 13.3 Å². The molecule has 4 rings (SSSR count). The van der Waals surface area contributed by atoms with Crippen molar-refractivity contribution in [1.29, 1.82) is 0 Å². The van der Waals surface area contributed by atoms with E-state index in [0.717, 1.165) is 47.9 Å². The maximum Gasteiger partial charge on any atom is 0.231 e. The molecule has 6 heteroatoms. The Balaban J connectivity index is 1.40. The molecule has 0 unspecified atom stereocenters. The summed E-state index contributed by atoms with van der Waals surface area (Å²) in [6, 6.07) is 6.05. The molecule has 1 aromatic carbocycles. The SMILES string of the molecule is O=C(CCc1ccc2c(c1)OCO2)N1CCC[C@@H]1c1nccs1. The van der Waals surface area contributed by atoms with E-state index in [0.29, 0.717) is 6.42 Å². The summed E-state index contributed by atoms with van der Waals surface area (Å²) in [7, 11) is 0. The fraction of sp³-hybridized carbons (Fsp3) is 0.412. The second-order valence-corrected chi connectivity index (χ2v) is 6.73. The van der Waals surface area contributed by atoms with E-state index in [-0.39, 0.29) is 18.7 Å². The number of hydrogen-bond donors (Lipinski definition) is 0. The number of aryl methyl sites for hydroxylation is 1. The average molecular weight is 330 g/mol. The highest BCUT2D eigenvalue weighted by molar-refractivity contribution is 7.09. The van der Waals surface area contributed by atoms with Crippen molar-refractivity contribution < 1.29 is 14.3 Å².